The number of aliphatic hydroxyl groups excluding tert-OH is 1. The van der Waals surface area contributed by atoms with Crippen molar-refractivity contribution in [2.45, 2.75) is 0 Å². The molecule has 0 unspecified atom stereocenters. The third-order valence-corrected chi connectivity index (χ3v) is 1.60. The predicted octanol–water partition coefficient (Wildman–Crippen LogP) is -0.319. The number of hydrogen-bond acceptors (Lipinski definition) is 5. The highest BCUT2D eigenvalue weighted by Gasteiger charge is 2.07. The summed E-state index contributed by atoms with van der Waals surface area (Å²) in [5.74, 6) is -0.207. The molecule has 5 heteroatoms. The smallest absolute Gasteiger partial charge is 0.191 e. The molecule has 0 saturated heterocycles. The number of carbonyl (C=O) groups is 1. The van der Waals surface area contributed by atoms with E-state index in [0.29, 0.717) is 0 Å². The third kappa shape index (κ3) is 2.30. The molecule has 1 heterocycles. The second kappa shape index (κ2) is 4.38. The molecule has 5 N–H and O–H groups in total. The van der Waals surface area contributed by atoms with Gasteiger partial charge < -0.3 is 16.6 Å². The molecule has 1 rings (SSSR count). The lowest BCUT2D eigenvalue weighted by Crippen LogP contribution is -2.08. The first-order valence-electron chi connectivity index (χ1n) is 3.97. The number of rotatable bonds is 3. The molecule has 14 heavy (non-hydrogen) atoms. The molecular formula is C9H11N3O2. The lowest BCUT2D eigenvalue weighted by molar-refractivity contribution is 0.104. The van der Waals surface area contributed by atoms with Gasteiger partial charge in [0.25, 0.3) is 0 Å². The maximum Gasteiger partial charge on any atom is 0.191 e. The van der Waals surface area contributed by atoms with Crippen molar-refractivity contribution in [3.8, 4) is 0 Å². The molecule has 0 aliphatic carbocycles. The van der Waals surface area contributed by atoms with E-state index in [1.807, 2.05) is 0 Å². The summed E-state index contributed by atoms with van der Waals surface area (Å²) in [6.45, 7) is -0.355. The van der Waals surface area contributed by atoms with Crippen LogP contribution in [0.25, 0.3) is 0 Å². The first-order chi connectivity index (χ1) is 6.65. The lowest BCUT2D eigenvalue weighted by atomic mass is 10.1. The largest absolute Gasteiger partial charge is 0.400 e. The number of ketones is 1. The number of allylic oxidation sites excluding steroid dienone is 1. The number of nitrogens with two attached hydrogens (primary N) is 2. The highest BCUT2D eigenvalue weighted by Crippen LogP contribution is 2.08. The second-order valence-electron chi connectivity index (χ2n) is 2.68. The van der Waals surface area contributed by atoms with Gasteiger partial charge in [-0.2, -0.15) is 0 Å². The van der Waals surface area contributed by atoms with Gasteiger partial charge in [-0.05, 0) is 12.1 Å². The molecule has 0 aromatic carbocycles. The van der Waals surface area contributed by atoms with Crippen molar-refractivity contribution in [2.75, 3.05) is 12.3 Å². The molecular weight excluding hydrogens is 182 g/mol. The monoisotopic (exact) mass is 193 g/mol. The quantitative estimate of drug-likeness (QED) is 0.451. The number of nitrogen functional groups attached to an aromatic ring is 1. The maximum absolute atomic E-state index is 11.4. The van der Waals surface area contributed by atoms with Crippen LogP contribution in [0.4, 0.5) is 5.82 Å². The minimum Gasteiger partial charge on any atom is -0.400 e. The van der Waals surface area contributed by atoms with Gasteiger partial charge in [-0.15, -0.1) is 0 Å². The van der Waals surface area contributed by atoms with Gasteiger partial charge in [0.2, 0.25) is 0 Å². The first kappa shape index (κ1) is 10.2. The van der Waals surface area contributed by atoms with Crippen LogP contribution in [0.3, 0.4) is 0 Å². The molecule has 0 amide bonds. The van der Waals surface area contributed by atoms with Gasteiger partial charge in [0.05, 0.1) is 12.2 Å². The SMILES string of the molecule is NC(=CC(=O)c1cccnc1N)CO. The van der Waals surface area contributed by atoms with Crippen LogP contribution in [0.15, 0.2) is 30.1 Å². The minimum atomic E-state index is -0.359. The summed E-state index contributed by atoms with van der Waals surface area (Å²) in [6, 6.07) is 3.15. The van der Waals surface area contributed by atoms with Gasteiger partial charge in [0.15, 0.2) is 5.78 Å². The molecule has 1 aromatic heterocycles. The fourth-order valence-corrected chi connectivity index (χ4v) is 0.918. The zero-order valence-electron chi connectivity index (χ0n) is 7.47. The minimum absolute atomic E-state index is 0.0956. The van der Waals surface area contributed by atoms with Gasteiger partial charge in [0.1, 0.15) is 5.82 Å². The number of aliphatic hydroxyl groups is 1. The van der Waals surface area contributed by atoms with Crippen molar-refractivity contribution >= 4 is 11.6 Å². The summed E-state index contributed by atoms with van der Waals surface area (Å²) in [7, 11) is 0. The first-order valence-corrected chi connectivity index (χ1v) is 3.97. The van der Waals surface area contributed by atoms with Crippen LogP contribution in [-0.2, 0) is 0 Å². The number of pyridine rings is 1. The molecule has 0 bridgehead atoms. The third-order valence-electron chi connectivity index (χ3n) is 1.60. The molecule has 0 saturated carbocycles. The average molecular weight is 193 g/mol. The highest BCUT2D eigenvalue weighted by molar-refractivity contribution is 6.07. The molecule has 0 aliphatic heterocycles. The van der Waals surface area contributed by atoms with Crippen LogP contribution in [0, 0.1) is 0 Å². The Morgan fingerprint density at radius 3 is 2.93 bits per heavy atom. The van der Waals surface area contributed by atoms with Crippen LogP contribution in [0.5, 0.6) is 0 Å². The average Bonchev–Trinajstić information content (AvgIpc) is 2.18. The molecule has 74 valence electrons. The Hall–Kier alpha value is -1.88. The molecule has 0 aliphatic rings. The van der Waals surface area contributed by atoms with Crippen LogP contribution < -0.4 is 11.5 Å². The number of hydrogen-bond donors (Lipinski definition) is 3. The number of nitrogens with zero attached hydrogens (tertiary/aromatic N) is 1. The van der Waals surface area contributed by atoms with Gasteiger partial charge in [-0.1, -0.05) is 0 Å². The summed E-state index contributed by atoms with van der Waals surface area (Å²) in [6.07, 6.45) is 2.62. The van der Waals surface area contributed by atoms with E-state index in [0.717, 1.165) is 6.08 Å². The highest BCUT2D eigenvalue weighted by atomic mass is 16.3. The van der Waals surface area contributed by atoms with Gasteiger partial charge in [-0.3, -0.25) is 4.79 Å². The van der Waals surface area contributed by atoms with Crippen molar-refractivity contribution in [1.29, 1.82) is 0 Å². The fraction of sp³-hybridized carbons (Fsp3) is 0.111. The second-order valence-corrected chi connectivity index (χ2v) is 2.68. The van der Waals surface area contributed by atoms with E-state index in [-0.39, 0.29) is 29.5 Å². The van der Waals surface area contributed by atoms with E-state index in [4.69, 9.17) is 16.6 Å². The lowest BCUT2D eigenvalue weighted by Gasteiger charge is -2.00. The Balaban J connectivity index is 2.96. The molecule has 0 fully saturated rings. The zero-order chi connectivity index (χ0) is 10.6. The molecule has 5 nitrogen and oxygen atoms in total. The van der Waals surface area contributed by atoms with Gasteiger partial charge in [0, 0.05) is 18.0 Å². The molecule has 0 radical (unpaired) electrons. The van der Waals surface area contributed by atoms with Gasteiger partial charge >= 0.3 is 0 Å². The Kier molecular flexibility index (Phi) is 3.19. The van der Waals surface area contributed by atoms with E-state index in [1.165, 1.54) is 6.20 Å². The van der Waals surface area contributed by atoms with Crippen LogP contribution >= 0.6 is 0 Å². The summed E-state index contributed by atoms with van der Waals surface area (Å²) in [4.78, 5) is 15.2. The Morgan fingerprint density at radius 2 is 2.36 bits per heavy atom. The summed E-state index contributed by atoms with van der Waals surface area (Å²) in [5, 5.41) is 8.61. The Morgan fingerprint density at radius 1 is 1.64 bits per heavy atom. The fourth-order valence-electron chi connectivity index (χ4n) is 0.918. The van der Waals surface area contributed by atoms with Crippen molar-refractivity contribution in [2.24, 2.45) is 5.73 Å². The standard InChI is InChI=1S/C9H11N3O2/c10-6(5-13)4-8(14)7-2-1-3-12-9(7)11/h1-4,13H,5,10H2,(H2,11,12). The van der Waals surface area contributed by atoms with E-state index in [9.17, 15) is 4.79 Å². The normalized spacial score (nSPS) is 11.4. The van der Waals surface area contributed by atoms with Gasteiger partial charge in [-0.25, -0.2) is 4.98 Å². The summed E-state index contributed by atoms with van der Waals surface area (Å²) >= 11 is 0. The van der Waals surface area contributed by atoms with E-state index >= 15 is 0 Å². The Labute approximate surface area is 81.1 Å². The Bertz CT molecular complexity index is 374. The predicted molar refractivity (Wildman–Crippen MR) is 52.3 cm³/mol. The van der Waals surface area contributed by atoms with Crippen LogP contribution in [-0.4, -0.2) is 22.5 Å². The molecule has 0 spiro atoms. The summed E-state index contributed by atoms with van der Waals surface area (Å²) < 4.78 is 0. The number of aromatic nitrogens is 1. The topological polar surface area (TPSA) is 102 Å². The van der Waals surface area contributed by atoms with E-state index < -0.39 is 0 Å². The van der Waals surface area contributed by atoms with Crippen molar-refractivity contribution in [1.82, 2.24) is 4.98 Å². The zero-order valence-corrected chi connectivity index (χ0v) is 7.47. The van der Waals surface area contributed by atoms with Crippen LogP contribution in [0.2, 0.25) is 0 Å². The van der Waals surface area contributed by atoms with Crippen molar-refractivity contribution < 1.29 is 9.90 Å². The van der Waals surface area contributed by atoms with Crippen LogP contribution in [0.1, 0.15) is 10.4 Å². The van der Waals surface area contributed by atoms with Crippen molar-refractivity contribution in [3.63, 3.8) is 0 Å². The maximum atomic E-state index is 11.4. The van der Waals surface area contributed by atoms with E-state index in [2.05, 4.69) is 4.98 Å². The molecule has 1 aromatic rings. The van der Waals surface area contributed by atoms with E-state index in [1.54, 1.807) is 12.1 Å². The van der Waals surface area contributed by atoms with Crippen molar-refractivity contribution in [3.05, 3.63) is 35.7 Å². The number of carbonyl (C=O) groups excluding carboxylic acids is 1. The summed E-state index contributed by atoms with van der Waals surface area (Å²) in [5.41, 5.74) is 11.1. The number of anilines is 1. The molecule has 0 atom stereocenters.